The van der Waals surface area contributed by atoms with Crippen LogP contribution in [0.15, 0.2) is 24.3 Å². The van der Waals surface area contributed by atoms with Gasteiger partial charge in [0.2, 0.25) is 0 Å². The van der Waals surface area contributed by atoms with E-state index in [1.807, 2.05) is 13.8 Å². The first-order chi connectivity index (χ1) is 7.41. The molecular weight excluding hydrogens is 204 g/mol. The van der Waals surface area contributed by atoms with Crippen LogP contribution in [-0.2, 0) is 5.41 Å². The van der Waals surface area contributed by atoms with Crippen LogP contribution < -0.4 is 0 Å². The van der Waals surface area contributed by atoms with Gasteiger partial charge in [-0.2, -0.15) is 5.26 Å². The molecule has 0 aliphatic heterocycles. The van der Waals surface area contributed by atoms with Gasteiger partial charge in [-0.3, -0.25) is 10.1 Å². The predicted octanol–water partition coefficient (Wildman–Crippen LogP) is 3.03. The normalized spacial score (nSPS) is 14.2. The Balaban J connectivity index is 3.28. The lowest BCUT2D eigenvalue weighted by Crippen LogP contribution is -2.26. The molecule has 0 aromatic heterocycles. The summed E-state index contributed by atoms with van der Waals surface area (Å²) in [5, 5.41) is 19.9. The van der Waals surface area contributed by atoms with Gasteiger partial charge in [0.1, 0.15) is 0 Å². The molecule has 4 heteroatoms. The summed E-state index contributed by atoms with van der Waals surface area (Å²) >= 11 is 0. The summed E-state index contributed by atoms with van der Waals surface area (Å²) in [5.74, 6) is 0.0968. The summed E-state index contributed by atoms with van der Waals surface area (Å²) in [6.07, 6.45) is 0. The predicted molar refractivity (Wildman–Crippen MR) is 60.9 cm³/mol. The molecule has 0 spiro atoms. The van der Waals surface area contributed by atoms with Crippen molar-refractivity contribution in [2.24, 2.45) is 5.92 Å². The van der Waals surface area contributed by atoms with Crippen LogP contribution in [0.2, 0.25) is 0 Å². The molecule has 16 heavy (non-hydrogen) atoms. The van der Waals surface area contributed by atoms with Crippen molar-refractivity contribution in [3.05, 3.63) is 39.9 Å². The van der Waals surface area contributed by atoms with E-state index < -0.39 is 10.3 Å². The van der Waals surface area contributed by atoms with Crippen molar-refractivity contribution in [1.82, 2.24) is 0 Å². The molecule has 0 amide bonds. The molecule has 0 heterocycles. The van der Waals surface area contributed by atoms with Crippen molar-refractivity contribution in [3.8, 4) is 6.07 Å². The molecule has 0 radical (unpaired) electrons. The average Bonchev–Trinajstić information content (AvgIpc) is 2.27. The van der Waals surface area contributed by atoms with Gasteiger partial charge < -0.3 is 0 Å². The Morgan fingerprint density at radius 3 is 2.56 bits per heavy atom. The fraction of sp³-hybridized carbons (Fsp3) is 0.417. The molecule has 0 bridgehead atoms. The monoisotopic (exact) mass is 218 g/mol. The molecular formula is C12H14N2O2. The highest BCUT2D eigenvalue weighted by Gasteiger charge is 2.31. The van der Waals surface area contributed by atoms with Gasteiger partial charge in [-0.05, 0) is 18.4 Å². The van der Waals surface area contributed by atoms with Crippen LogP contribution in [-0.4, -0.2) is 4.92 Å². The highest BCUT2D eigenvalue weighted by molar-refractivity contribution is 5.41. The first-order valence-electron chi connectivity index (χ1n) is 5.08. The lowest BCUT2D eigenvalue weighted by Gasteiger charge is -2.26. The number of non-ortho nitro benzene ring substituents is 1. The molecule has 1 aromatic carbocycles. The molecule has 0 N–H and O–H groups in total. The summed E-state index contributed by atoms with van der Waals surface area (Å²) < 4.78 is 0. The second-order valence-corrected chi connectivity index (χ2v) is 4.28. The lowest BCUT2D eigenvalue weighted by atomic mass is 9.74. The Hall–Kier alpha value is -1.89. The number of benzene rings is 1. The van der Waals surface area contributed by atoms with Gasteiger partial charge in [-0.1, -0.05) is 26.0 Å². The molecule has 0 fully saturated rings. The van der Waals surface area contributed by atoms with Gasteiger partial charge in [0.15, 0.2) is 0 Å². The smallest absolute Gasteiger partial charge is 0.258 e. The van der Waals surface area contributed by atoms with Crippen molar-refractivity contribution in [3.63, 3.8) is 0 Å². The minimum absolute atomic E-state index is 0.0274. The molecule has 84 valence electrons. The Kier molecular flexibility index (Phi) is 3.28. The highest BCUT2D eigenvalue weighted by Crippen LogP contribution is 2.32. The minimum Gasteiger partial charge on any atom is -0.258 e. The number of nitriles is 1. The first-order valence-corrected chi connectivity index (χ1v) is 5.08. The fourth-order valence-corrected chi connectivity index (χ4v) is 1.47. The molecule has 4 nitrogen and oxygen atoms in total. The van der Waals surface area contributed by atoms with Crippen LogP contribution in [0.25, 0.3) is 0 Å². The van der Waals surface area contributed by atoms with E-state index in [-0.39, 0.29) is 11.6 Å². The van der Waals surface area contributed by atoms with E-state index in [0.717, 1.165) is 0 Å². The van der Waals surface area contributed by atoms with E-state index in [9.17, 15) is 15.4 Å². The van der Waals surface area contributed by atoms with Crippen molar-refractivity contribution in [2.75, 3.05) is 0 Å². The van der Waals surface area contributed by atoms with E-state index in [0.29, 0.717) is 5.56 Å². The summed E-state index contributed by atoms with van der Waals surface area (Å²) in [6, 6.07) is 8.52. The molecule has 0 saturated heterocycles. The first kappa shape index (κ1) is 12.2. The third-order valence-electron chi connectivity index (χ3n) is 3.04. The van der Waals surface area contributed by atoms with Crippen LogP contribution in [0.4, 0.5) is 5.69 Å². The van der Waals surface area contributed by atoms with E-state index in [1.54, 1.807) is 19.1 Å². The number of hydrogen-bond donors (Lipinski definition) is 0. The maximum atomic E-state index is 10.7. The van der Waals surface area contributed by atoms with Crippen LogP contribution in [0.5, 0.6) is 0 Å². The number of nitro groups is 1. The van der Waals surface area contributed by atoms with E-state index >= 15 is 0 Å². The number of nitrogens with zero attached hydrogens (tertiary/aromatic N) is 2. The number of hydrogen-bond acceptors (Lipinski definition) is 3. The van der Waals surface area contributed by atoms with E-state index in [1.165, 1.54) is 12.1 Å². The Labute approximate surface area is 94.7 Å². The Bertz CT molecular complexity index is 449. The molecule has 0 aliphatic rings. The molecule has 0 saturated carbocycles. The minimum atomic E-state index is -0.688. The third kappa shape index (κ3) is 2.03. The van der Waals surface area contributed by atoms with E-state index in [2.05, 4.69) is 6.07 Å². The van der Waals surface area contributed by atoms with Gasteiger partial charge in [-0.25, -0.2) is 0 Å². The second kappa shape index (κ2) is 4.31. The molecule has 1 unspecified atom stereocenters. The van der Waals surface area contributed by atoms with Crippen molar-refractivity contribution in [2.45, 2.75) is 26.2 Å². The zero-order valence-electron chi connectivity index (χ0n) is 9.60. The third-order valence-corrected chi connectivity index (χ3v) is 3.04. The quantitative estimate of drug-likeness (QED) is 0.578. The van der Waals surface area contributed by atoms with Crippen molar-refractivity contribution >= 4 is 5.69 Å². The van der Waals surface area contributed by atoms with Crippen LogP contribution in [0.1, 0.15) is 26.3 Å². The standard InChI is InChI=1S/C12H14N2O2/c1-9(2)12(3,8-13)10-5-4-6-11(7-10)14(15)16/h4-7,9H,1-3H3. The second-order valence-electron chi connectivity index (χ2n) is 4.28. The van der Waals surface area contributed by atoms with Gasteiger partial charge in [0.05, 0.1) is 16.4 Å². The summed E-state index contributed by atoms with van der Waals surface area (Å²) in [4.78, 5) is 10.2. The lowest BCUT2D eigenvalue weighted by molar-refractivity contribution is -0.385. The largest absolute Gasteiger partial charge is 0.269 e. The van der Waals surface area contributed by atoms with Gasteiger partial charge in [0, 0.05) is 12.1 Å². The number of rotatable bonds is 3. The Morgan fingerprint density at radius 1 is 1.50 bits per heavy atom. The van der Waals surface area contributed by atoms with Crippen LogP contribution in [0.3, 0.4) is 0 Å². The molecule has 1 atom stereocenters. The highest BCUT2D eigenvalue weighted by atomic mass is 16.6. The SMILES string of the molecule is CC(C)C(C)(C#N)c1cccc([N+](=O)[O-])c1. The molecule has 1 aromatic rings. The van der Waals surface area contributed by atoms with Crippen molar-refractivity contribution < 1.29 is 4.92 Å². The van der Waals surface area contributed by atoms with Crippen molar-refractivity contribution in [1.29, 1.82) is 5.26 Å². The average molecular weight is 218 g/mol. The fourth-order valence-electron chi connectivity index (χ4n) is 1.47. The zero-order chi connectivity index (χ0) is 12.3. The maximum absolute atomic E-state index is 10.7. The molecule has 0 aliphatic carbocycles. The maximum Gasteiger partial charge on any atom is 0.269 e. The van der Waals surface area contributed by atoms with Crippen LogP contribution >= 0.6 is 0 Å². The topological polar surface area (TPSA) is 66.9 Å². The van der Waals surface area contributed by atoms with E-state index in [4.69, 9.17) is 0 Å². The molecule has 1 rings (SSSR count). The van der Waals surface area contributed by atoms with Gasteiger partial charge in [-0.15, -0.1) is 0 Å². The summed E-state index contributed by atoms with van der Waals surface area (Å²) in [7, 11) is 0. The zero-order valence-corrected chi connectivity index (χ0v) is 9.60. The van der Waals surface area contributed by atoms with Gasteiger partial charge >= 0.3 is 0 Å². The number of nitro benzene ring substituents is 1. The van der Waals surface area contributed by atoms with Crippen LogP contribution in [0, 0.1) is 27.4 Å². The Morgan fingerprint density at radius 2 is 2.12 bits per heavy atom. The summed E-state index contributed by atoms with van der Waals surface area (Å²) in [5.41, 5.74) is 0.0327. The summed E-state index contributed by atoms with van der Waals surface area (Å²) in [6.45, 7) is 5.67. The van der Waals surface area contributed by atoms with Gasteiger partial charge in [0.25, 0.3) is 5.69 Å².